The number of furan rings is 1. The maximum atomic E-state index is 13.4. The summed E-state index contributed by atoms with van der Waals surface area (Å²) in [4.78, 5) is 10.0. The number of hydrazine groups is 1. The molecule has 0 saturated heterocycles. The Kier molecular flexibility index (Phi) is 8.09. The third kappa shape index (κ3) is 5.42. The average molecular weight is 325 g/mol. The SMILES string of the molecule is CCc1cc(F)cc(NC)c1SCc1ccco1.NNC=O. The van der Waals surface area contributed by atoms with Crippen molar-refractivity contribution in [1.29, 1.82) is 0 Å². The van der Waals surface area contributed by atoms with Gasteiger partial charge in [0.2, 0.25) is 6.41 Å². The van der Waals surface area contributed by atoms with Gasteiger partial charge in [-0.15, -0.1) is 11.8 Å². The standard InChI is InChI=1S/C14H16FNOS.CH4N2O/c1-3-10-7-11(15)8-13(16-2)14(10)18-9-12-5-4-6-17-12;2-3-1-4/h4-8,16H,3,9H2,1-2H3;1H,2H2,(H,3,4). The predicted molar refractivity (Wildman–Crippen MR) is 87.0 cm³/mol. The Labute approximate surface area is 133 Å². The van der Waals surface area contributed by atoms with Gasteiger partial charge in [-0.3, -0.25) is 10.2 Å². The van der Waals surface area contributed by atoms with Gasteiger partial charge in [-0.05, 0) is 36.2 Å². The number of aryl methyl sites for hydroxylation is 1. The van der Waals surface area contributed by atoms with E-state index in [4.69, 9.17) is 9.21 Å². The van der Waals surface area contributed by atoms with Gasteiger partial charge in [0, 0.05) is 11.9 Å². The summed E-state index contributed by atoms with van der Waals surface area (Å²) in [5.41, 5.74) is 3.61. The Morgan fingerprint density at radius 2 is 2.18 bits per heavy atom. The first-order valence-corrected chi connectivity index (χ1v) is 7.69. The fourth-order valence-corrected chi connectivity index (χ4v) is 2.96. The Morgan fingerprint density at radius 3 is 2.68 bits per heavy atom. The van der Waals surface area contributed by atoms with E-state index < -0.39 is 0 Å². The topological polar surface area (TPSA) is 80.3 Å². The lowest BCUT2D eigenvalue weighted by atomic mass is 10.1. The van der Waals surface area contributed by atoms with Crippen LogP contribution in [0.5, 0.6) is 0 Å². The molecule has 0 radical (unpaired) electrons. The highest BCUT2D eigenvalue weighted by molar-refractivity contribution is 7.98. The van der Waals surface area contributed by atoms with Gasteiger partial charge in [0.15, 0.2) is 0 Å². The lowest BCUT2D eigenvalue weighted by Gasteiger charge is -2.13. The van der Waals surface area contributed by atoms with Gasteiger partial charge in [-0.2, -0.15) is 0 Å². The van der Waals surface area contributed by atoms with Crippen LogP contribution >= 0.6 is 11.8 Å². The molecular formula is C15H20FN3O2S. The molecule has 22 heavy (non-hydrogen) atoms. The van der Waals surface area contributed by atoms with Gasteiger partial charge in [0.05, 0.1) is 17.7 Å². The summed E-state index contributed by atoms with van der Waals surface area (Å²) in [7, 11) is 1.81. The van der Waals surface area contributed by atoms with Crippen molar-refractivity contribution in [2.24, 2.45) is 5.84 Å². The van der Waals surface area contributed by atoms with Crippen LogP contribution in [0.3, 0.4) is 0 Å². The predicted octanol–water partition coefficient (Wildman–Crippen LogP) is 2.92. The molecule has 2 aromatic rings. The number of carbonyl (C=O) groups is 1. The van der Waals surface area contributed by atoms with Gasteiger partial charge in [-0.1, -0.05) is 6.92 Å². The van der Waals surface area contributed by atoms with E-state index in [2.05, 4.69) is 11.2 Å². The summed E-state index contributed by atoms with van der Waals surface area (Å²) in [5, 5.41) is 3.05. The molecule has 5 nitrogen and oxygen atoms in total. The third-order valence-electron chi connectivity index (χ3n) is 2.79. The normalized spacial score (nSPS) is 9.64. The molecular weight excluding hydrogens is 305 g/mol. The lowest BCUT2D eigenvalue weighted by Crippen LogP contribution is -2.18. The second kappa shape index (κ2) is 9.86. The number of anilines is 1. The van der Waals surface area contributed by atoms with E-state index in [0.29, 0.717) is 6.41 Å². The van der Waals surface area contributed by atoms with Crippen LogP contribution in [0.15, 0.2) is 39.8 Å². The number of hydrogen-bond donors (Lipinski definition) is 3. The minimum absolute atomic E-state index is 0.196. The van der Waals surface area contributed by atoms with Crippen molar-refractivity contribution in [1.82, 2.24) is 5.43 Å². The highest BCUT2D eigenvalue weighted by atomic mass is 32.2. The zero-order chi connectivity index (χ0) is 16.4. The smallest absolute Gasteiger partial charge is 0.221 e. The molecule has 0 aliphatic rings. The quantitative estimate of drug-likeness (QED) is 0.250. The molecule has 0 unspecified atom stereocenters. The van der Waals surface area contributed by atoms with E-state index in [1.807, 2.05) is 26.1 Å². The molecule has 0 aliphatic carbocycles. The van der Waals surface area contributed by atoms with Gasteiger partial charge in [0.25, 0.3) is 0 Å². The zero-order valence-corrected chi connectivity index (χ0v) is 13.4. The highest BCUT2D eigenvalue weighted by Gasteiger charge is 2.10. The van der Waals surface area contributed by atoms with Crippen LogP contribution in [0.2, 0.25) is 0 Å². The molecule has 2 rings (SSSR count). The Bertz CT molecular complexity index is 551. The van der Waals surface area contributed by atoms with Crippen LogP contribution in [-0.2, 0) is 17.0 Å². The first-order chi connectivity index (χ1) is 10.7. The third-order valence-corrected chi connectivity index (χ3v) is 3.99. The first-order valence-electron chi connectivity index (χ1n) is 6.71. The van der Waals surface area contributed by atoms with Crippen LogP contribution in [-0.4, -0.2) is 13.5 Å². The van der Waals surface area contributed by atoms with E-state index in [-0.39, 0.29) is 5.82 Å². The van der Waals surface area contributed by atoms with Crippen LogP contribution in [0.25, 0.3) is 0 Å². The maximum absolute atomic E-state index is 13.4. The van der Waals surface area contributed by atoms with Crippen LogP contribution in [0.4, 0.5) is 10.1 Å². The van der Waals surface area contributed by atoms with E-state index in [9.17, 15) is 4.39 Å². The van der Waals surface area contributed by atoms with E-state index in [1.54, 1.807) is 29.5 Å². The number of amides is 1. The molecule has 0 bridgehead atoms. The van der Waals surface area contributed by atoms with Crippen molar-refractivity contribution >= 4 is 23.9 Å². The number of thioether (sulfide) groups is 1. The summed E-state index contributed by atoms with van der Waals surface area (Å²) in [6.07, 6.45) is 2.88. The summed E-state index contributed by atoms with van der Waals surface area (Å²) in [6.45, 7) is 2.03. The number of nitrogens with two attached hydrogens (primary N) is 1. The minimum atomic E-state index is -0.196. The number of benzene rings is 1. The first kappa shape index (κ1) is 18.1. The molecule has 1 aromatic carbocycles. The van der Waals surface area contributed by atoms with Crippen molar-refractivity contribution in [2.75, 3.05) is 12.4 Å². The second-order valence-corrected chi connectivity index (χ2v) is 5.18. The molecule has 7 heteroatoms. The number of carbonyl (C=O) groups excluding carboxylic acids is 1. The number of nitrogens with one attached hydrogen (secondary N) is 2. The van der Waals surface area contributed by atoms with Crippen molar-refractivity contribution in [3.63, 3.8) is 0 Å². The highest BCUT2D eigenvalue weighted by Crippen LogP contribution is 2.34. The van der Waals surface area contributed by atoms with Crippen molar-refractivity contribution < 1.29 is 13.6 Å². The molecule has 1 amide bonds. The molecule has 0 spiro atoms. The number of hydrogen-bond acceptors (Lipinski definition) is 5. The Balaban J connectivity index is 0.000000541. The van der Waals surface area contributed by atoms with Gasteiger partial charge in [0.1, 0.15) is 11.6 Å². The summed E-state index contributed by atoms with van der Waals surface area (Å²) >= 11 is 1.67. The number of halogens is 1. The molecule has 120 valence electrons. The average Bonchev–Trinajstić information content (AvgIpc) is 3.06. The Morgan fingerprint density at radius 1 is 1.45 bits per heavy atom. The fourth-order valence-electron chi connectivity index (χ4n) is 1.81. The molecule has 0 saturated carbocycles. The Hall–Kier alpha value is -1.99. The van der Waals surface area contributed by atoms with Crippen molar-refractivity contribution in [3.8, 4) is 0 Å². The largest absolute Gasteiger partial charge is 0.468 e. The van der Waals surface area contributed by atoms with Crippen LogP contribution in [0.1, 0.15) is 18.2 Å². The molecule has 4 N–H and O–H groups in total. The van der Waals surface area contributed by atoms with Gasteiger partial charge in [-0.25, -0.2) is 10.2 Å². The summed E-state index contributed by atoms with van der Waals surface area (Å²) in [6, 6.07) is 6.95. The van der Waals surface area contributed by atoms with E-state index in [0.717, 1.165) is 34.1 Å². The monoisotopic (exact) mass is 325 g/mol. The second-order valence-electron chi connectivity index (χ2n) is 4.20. The maximum Gasteiger partial charge on any atom is 0.221 e. The van der Waals surface area contributed by atoms with Crippen LogP contribution in [0, 0.1) is 5.82 Å². The molecule has 0 fully saturated rings. The zero-order valence-electron chi connectivity index (χ0n) is 12.6. The van der Waals surface area contributed by atoms with E-state index in [1.165, 1.54) is 6.07 Å². The molecule has 0 atom stereocenters. The van der Waals surface area contributed by atoms with E-state index >= 15 is 0 Å². The van der Waals surface area contributed by atoms with Gasteiger partial charge >= 0.3 is 0 Å². The molecule has 1 heterocycles. The van der Waals surface area contributed by atoms with Crippen molar-refractivity contribution in [2.45, 2.75) is 24.0 Å². The minimum Gasteiger partial charge on any atom is -0.468 e. The summed E-state index contributed by atoms with van der Waals surface area (Å²) in [5.74, 6) is 5.89. The van der Waals surface area contributed by atoms with Crippen molar-refractivity contribution in [3.05, 3.63) is 47.7 Å². The molecule has 1 aromatic heterocycles. The summed E-state index contributed by atoms with van der Waals surface area (Å²) < 4.78 is 18.7. The van der Waals surface area contributed by atoms with Gasteiger partial charge < -0.3 is 9.73 Å². The van der Waals surface area contributed by atoms with Crippen LogP contribution < -0.4 is 16.6 Å². The fraction of sp³-hybridized carbons (Fsp3) is 0.267. The number of rotatable bonds is 6. The molecule has 0 aliphatic heterocycles. The lowest BCUT2D eigenvalue weighted by molar-refractivity contribution is -0.109.